The molecule has 1 aliphatic heterocycles. The number of fused-ring (bicyclic) bond motifs is 2. The highest BCUT2D eigenvalue weighted by Crippen LogP contribution is 2.39. The van der Waals surface area contributed by atoms with Crippen molar-refractivity contribution in [3.63, 3.8) is 0 Å². The second-order valence-corrected chi connectivity index (χ2v) is 5.74. The Morgan fingerprint density at radius 2 is 1.96 bits per heavy atom. The fraction of sp³-hybridized carbons (Fsp3) is 0.105. The highest BCUT2D eigenvalue weighted by atomic mass is 16.5. The summed E-state index contributed by atoms with van der Waals surface area (Å²) in [4.78, 5) is 12.5. The van der Waals surface area contributed by atoms with E-state index in [0.717, 1.165) is 16.5 Å². The van der Waals surface area contributed by atoms with Gasteiger partial charge in [0.25, 0.3) is 0 Å². The molecule has 0 aliphatic carbocycles. The Kier molecular flexibility index (Phi) is 2.81. The molecule has 1 aliphatic rings. The number of nitrogens with zero attached hydrogens (tertiary/aromatic N) is 1. The fourth-order valence-electron chi connectivity index (χ4n) is 3.00. The van der Waals surface area contributed by atoms with Crippen molar-refractivity contribution in [2.45, 2.75) is 6.92 Å². The molecule has 0 bridgehead atoms. The third-order valence-electron chi connectivity index (χ3n) is 4.27. The maximum Gasteiger partial charge on any atom is 0.231 e. The largest absolute Gasteiger partial charge is 0.508 e. The van der Waals surface area contributed by atoms with E-state index in [-0.39, 0.29) is 17.3 Å². The number of hydrogen-bond donors (Lipinski definition) is 1. The lowest BCUT2D eigenvalue weighted by molar-refractivity contribution is 0.101. The molecule has 2 heterocycles. The van der Waals surface area contributed by atoms with Gasteiger partial charge in [-0.25, -0.2) is 0 Å². The van der Waals surface area contributed by atoms with E-state index in [1.54, 1.807) is 19.1 Å². The number of ketones is 1. The van der Waals surface area contributed by atoms with Crippen LogP contribution < -0.4 is 4.74 Å². The van der Waals surface area contributed by atoms with E-state index < -0.39 is 0 Å². The predicted molar refractivity (Wildman–Crippen MR) is 88.7 cm³/mol. The Labute approximate surface area is 133 Å². The van der Waals surface area contributed by atoms with Crippen molar-refractivity contribution in [3.8, 4) is 11.5 Å². The monoisotopic (exact) mass is 305 g/mol. The smallest absolute Gasteiger partial charge is 0.231 e. The number of hydrogen-bond acceptors (Lipinski definition) is 3. The van der Waals surface area contributed by atoms with E-state index in [2.05, 4.69) is 0 Å². The first-order chi connectivity index (χ1) is 11.1. The normalized spacial score (nSPS) is 15.2. The summed E-state index contributed by atoms with van der Waals surface area (Å²) in [5.74, 6) is 0.700. The average Bonchev–Trinajstić information content (AvgIpc) is 3.03. The molecule has 1 N–H and O–H groups in total. The molecule has 3 aromatic rings. The van der Waals surface area contributed by atoms with E-state index >= 15 is 0 Å². The summed E-state index contributed by atoms with van der Waals surface area (Å²) in [6.07, 6.45) is 3.74. The van der Waals surface area contributed by atoms with Gasteiger partial charge >= 0.3 is 0 Å². The number of aromatic hydroxyl groups is 1. The Morgan fingerprint density at radius 1 is 1.17 bits per heavy atom. The SMILES string of the molecule is Cc1c(O)ccc2c1O/C(=C\c1cn(C)c3ccccc13)C2=O. The minimum atomic E-state index is -0.156. The summed E-state index contributed by atoms with van der Waals surface area (Å²) >= 11 is 0. The van der Waals surface area contributed by atoms with Crippen LogP contribution in [0.4, 0.5) is 0 Å². The van der Waals surface area contributed by atoms with Gasteiger partial charge in [0.05, 0.1) is 5.56 Å². The number of phenols is 1. The molecule has 1 aromatic heterocycles. The summed E-state index contributed by atoms with van der Waals surface area (Å²) in [7, 11) is 1.97. The van der Waals surface area contributed by atoms with Gasteiger partial charge in [-0.15, -0.1) is 0 Å². The molecule has 0 atom stereocenters. The maximum atomic E-state index is 12.5. The first-order valence-corrected chi connectivity index (χ1v) is 7.37. The summed E-state index contributed by atoms with van der Waals surface area (Å²) in [6, 6.07) is 11.1. The van der Waals surface area contributed by atoms with Crippen LogP contribution in [0, 0.1) is 6.92 Å². The second-order valence-electron chi connectivity index (χ2n) is 5.74. The number of phenolic OH excluding ortho intramolecular Hbond substituents is 1. The van der Waals surface area contributed by atoms with Crippen LogP contribution in [0.15, 0.2) is 48.4 Å². The molecule has 0 unspecified atom stereocenters. The molecule has 0 fully saturated rings. The molecule has 4 nitrogen and oxygen atoms in total. The van der Waals surface area contributed by atoms with Crippen LogP contribution in [-0.2, 0) is 7.05 Å². The van der Waals surface area contributed by atoms with Crippen molar-refractivity contribution >= 4 is 22.8 Å². The van der Waals surface area contributed by atoms with E-state index in [9.17, 15) is 9.90 Å². The lowest BCUT2D eigenvalue weighted by atomic mass is 10.1. The first-order valence-electron chi connectivity index (χ1n) is 7.37. The van der Waals surface area contributed by atoms with Crippen LogP contribution in [0.3, 0.4) is 0 Å². The van der Waals surface area contributed by atoms with Gasteiger partial charge in [0.15, 0.2) is 5.76 Å². The molecule has 0 saturated carbocycles. The zero-order valence-corrected chi connectivity index (χ0v) is 12.8. The third kappa shape index (κ3) is 1.95. The molecular formula is C19H15NO3. The van der Waals surface area contributed by atoms with Gasteiger partial charge in [0, 0.05) is 35.3 Å². The number of ether oxygens (including phenoxy) is 1. The number of carbonyl (C=O) groups is 1. The predicted octanol–water partition coefficient (Wildman–Crippen LogP) is 3.81. The number of aromatic nitrogens is 1. The van der Waals surface area contributed by atoms with Gasteiger partial charge in [-0.2, -0.15) is 0 Å². The number of aryl methyl sites for hydroxylation is 1. The lowest BCUT2D eigenvalue weighted by Gasteiger charge is -2.03. The summed E-state index contributed by atoms with van der Waals surface area (Å²) in [6.45, 7) is 1.74. The Hall–Kier alpha value is -3.01. The molecule has 0 saturated heterocycles. The molecule has 4 heteroatoms. The highest BCUT2D eigenvalue weighted by molar-refractivity contribution is 6.15. The molecule has 4 rings (SSSR count). The topological polar surface area (TPSA) is 51.5 Å². The lowest BCUT2D eigenvalue weighted by Crippen LogP contribution is -1.97. The molecule has 0 amide bonds. The van der Waals surface area contributed by atoms with Gasteiger partial charge in [0.2, 0.25) is 5.78 Å². The van der Waals surface area contributed by atoms with Gasteiger partial charge in [0.1, 0.15) is 11.5 Å². The number of carbonyl (C=O) groups excluding carboxylic acids is 1. The zero-order chi connectivity index (χ0) is 16.1. The van der Waals surface area contributed by atoms with Crippen LogP contribution >= 0.6 is 0 Å². The minimum Gasteiger partial charge on any atom is -0.508 e. The summed E-state index contributed by atoms with van der Waals surface area (Å²) < 4.78 is 7.75. The van der Waals surface area contributed by atoms with Crippen molar-refractivity contribution in [3.05, 3.63) is 65.0 Å². The molecule has 114 valence electrons. The Balaban J connectivity index is 1.84. The van der Waals surface area contributed by atoms with Crippen LogP contribution in [0.1, 0.15) is 21.5 Å². The first kappa shape index (κ1) is 13.6. The van der Waals surface area contributed by atoms with E-state index in [1.807, 2.05) is 42.1 Å². The number of rotatable bonds is 1. The average molecular weight is 305 g/mol. The minimum absolute atomic E-state index is 0.128. The van der Waals surface area contributed by atoms with Crippen molar-refractivity contribution in [1.82, 2.24) is 4.57 Å². The molecule has 2 aromatic carbocycles. The van der Waals surface area contributed by atoms with Crippen molar-refractivity contribution < 1.29 is 14.6 Å². The van der Waals surface area contributed by atoms with Crippen LogP contribution in [0.2, 0.25) is 0 Å². The Morgan fingerprint density at radius 3 is 2.78 bits per heavy atom. The van der Waals surface area contributed by atoms with Crippen LogP contribution in [0.25, 0.3) is 17.0 Å². The quantitative estimate of drug-likeness (QED) is 0.696. The maximum absolute atomic E-state index is 12.5. The Bertz CT molecular complexity index is 995. The van der Waals surface area contributed by atoms with Crippen LogP contribution in [0.5, 0.6) is 11.5 Å². The van der Waals surface area contributed by atoms with Crippen molar-refractivity contribution in [2.24, 2.45) is 7.05 Å². The van der Waals surface area contributed by atoms with E-state index in [0.29, 0.717) is 16.9 Å². The summed E-state index contributed by atoms with van der Waals surface area (Å²) in [5, 5.41) is 10.8. The highest BCUT2D eigenvalue weighted by Gasteiger charge is 2.30. The third-order valence-corrected chi connectivity index (χ3v) is 4.27. The van der Waals surface area contributed by atoms with Gasteiger partial charge in [-0.05, 0) is 31.2 Å². The van der Waals surface area contributed by atoms with Crippen molar-refractivity contribution in [2.75, 3.05) is 0 Å². The molecular weight excluding hydrogens is 290 g/mol. The molecule has 23 heavy (non-hydrogen) atoms. The van der Waals surface area contributed by atoms with E-state index in [1.165, 1.54) is 6.07 Å². The standard InChI is InChI=1S/C19H15NO3/c1-11-16(21)8-7-14-18(22)17(23-19(11)14)9-12-10-20(2)15-6-4-3-5-13(12)15/h3-10,21H,1-2H3/b17-9-. The van der Waals surface area contributed by atoms with Gasteiger partial charge < -0.3 is 14.4 Å². The number of allylic oxidation sites excluding steroid dienone is 1. The number of para-hydroxylation sites is 1. The number of benzene rings is 2. The second kappa shape index (κ2) is 4.74. The molecule has 0 radical (unpaired) electrons. The number of Topliss-reactive ketones (excluding diaryl/α,β-unsaturated/α-hetero) is 1. The fourth-order valence-corrected chi connectivity index (χ4v) is 3.00. The summed E-state index contributed by atoms with van der Waals surface area (Å²) in [5.41, 5.74) is 3.10. The van der Waals surface area contributed by atoms with Gasteiger partial charge in [-0.3, -0.25) is 4.79 Å². The van der Waals surface area contributed by atoms with E-state index in [4.69, 9.17) is 4.74 Å². The molecule has 0 spiro atoms. The van der Waals surface area contributed by atoms with Gasteiger partial charge in [-0.1, -0.05) is 18.2 Å². The zero-order valence-electron chi connectivity index (χ0n) is 12.8. The van der Waals surface area contributed by atoms with Crippen LogP contribution in [-0.4, -0.2) is 15.5 Å². The van der Waals surface area contributed by atoms with Crippen molar-refractivity contribution in [1.29, 1.82) is 0 Å².